The molecule has 0 bridgehead atoms. The summed E-state index contributed by atoms with van der Waals surface area (Å²) in [5.74, 6) is 0.376. The Kier molecular flexibility index (Phi) is 3.46. The molecule has 0 aliphatic heterocycles. The van der Waals surface area contributed by atoms with E-state index in [1.165, 1.54) is 6.92 Å². The zero-order chi connectivity index (χ0) is 11.4. The minimum absolute atomic E-state index is 0.115. The smallest absolute Gasteiger partial charge is 0.161 e. The molecule has 1 rings (SSSR count). The van der Waals surface area contributed by atoms with E-state index in [4.69, 9.17) is 10.00 Å². The maximum atomic E-state index is 11.3. The van der Waals surface area contributed by atoms with Gasteiger partial charge in [-0.25, -0.2) is 0 Å². The first kappa shape index (κ1) is 11.3. The van der Waals surface area contributed by atoms with Gasteiger partial charge in [0.25, 0.3) is 0 Å². The number of hydrogen-bond donors (Lipinski definition) is 0. The lowest BCUT2D eigenvalue weighted by atomic mass is 10.0. The van der Waals surface area contributed by atoms with Crippen molar-refractivity contribution in [2.75, 3.05) is 6.61 Å². The van der Waals surface area contributed by atoms with Gasteiger partial charge in [-0.1, -0.05) is 0 Å². The highest BCUT2D eigenvalue weighted by Crippen LogP contribution is 2.24. The third-order valence-electron chi connectivity index (χ3n) is 2.04. The molecule has 0 radical (unpaired) electrons. The second-order valence-electron chi connectivity index (χ2n) is 3.29. The molecule has 0 heterocycles. The Labute approximate surface area is 89.3 Å². The molecule has 15 heavy (non-hydrogen) atoms. The number of Topliss-reactive ketones (excluding diaryl/α,β-unsaturated/α-hetero) is 1. The molecular weight excluding hydrogens is 190 g/mol. The van der Waals surface area contributed by atoms with Crippen molar-refractivity contribution in [2.45, 2.75) is 20.8 Å². The number of benzene rings is 1. The minimum Gasteiger partial charge on any atom is -0.492 e. The number of carbonyl (C=O) groups is 1. The van der Waals surface area contributed by atoms with Crippen LogP contribution in [0.2, 0.25) is 0 Å². The van der Waals surface area contributed by atoms with Gasteiger partial charge in [-0.3, -0.25) is 4.79 Å². The second-order valence-corrected chi connectivity index (χ2v) is 3.29. The van der Waals surface area contributed by atoms with Crippen LogP contribution in [0.4, 0.5) is 0 Å². The normalized spacial score (nSPS) is 9.47. The molecule has 78 valence electrons. The number of hydrogen-bond acceptors (Lipinski definition) is 3. The van der Waals surface area contributed by atoms with Crippen LogP contribution >= 0.6 is 0 Å². The van der Waals surface area contributed by atoms with Crippen molar-refractivity contribution in [3.8, 4) is 11.8 Å². The highest BCUT2D eigenvalue weighted by atomic mass is 16.5. The number of ketones is 1. The van der Waals surface area contributed by atoms with Crippen molar-refractivity contribution in [1.29, 1.82) is 5.26 Å². The van der Waals surface area contributed by atoms with Gasteiger partial charge in [-0.05, 0) is 38.5 Å². The number of nitriles is 1. The number of rotatable bonds is 3. The maximum Gasteiger partial charge on any atom is 0.161 e. The van der Waals surface area contributed by atoms with Crippen molar-refractivity contribution < 1.29 is 9.53 Å². The predicted molar refractivity (Wildman–Crippen MR) is 57.1 cm³/mol. The lowest BCUT2D eigenvalue weighted by Gasteiger charge is -2.09. The summed E-state index contributed by atoms with van der Waals surface area (Å²) in [6.07, 6.45) is 0. The summed E-state index contributed by atoms with van der Waals surface area (Å²) in [5.41, 5.74) is 1.68. The molecule has 0 unspecified atom stereocenters. The Morgan fingerprint density at radius 1 is 1.53 bits per heavy atom. The Morgan fingerprint density at radius 3 is 2.67 bits per heavy atom. The maximum absolute atomic E-state index is 11.3. The van der Waals surface area contributed by atoms with Gasteiger partial charge in [0.1, 0.15) is 17.4 Å². The Bertz CT molecular complexity index is 430. The van der Waals surface area contributed by atoms with Crippen LogP contribution in [-0.4, -0.2) is 12.4 Å². The van der Waals surface area contributed by atoms with Gasteiger partial charge in [-0.2, -0.15) is 5.26 Å². The van der Waals surface area contributed by atoms with E-state index in [9.17, 15) is 4.79 Å². The first-order valence-corrected chi connectivity index (χ1v) is 4.78. The largest absolute Gasteiger partial charge is 0.492 e. The molecule has 1 aromatic carbocycles. The fourth-order valence-corrected chi connectivity index (χ4v) is 1.42. The van der Waals surface area contributed by atoms with Gasteiger partial charge in [0.15, 0.2) is 5.78 Å². The van der Waals surface area contributed by atoms with Crippen LogP contribution in [0.1, 0.15) is 35.3 Å². The van der Waals surface area contributed by atoms with Gasteiger partial charge in [0.05, 0.1) is 6.61 Å². The zero-order valence-corrected chi connectivity index (χ0v) is 9.13. The molecule has 0 fully saturated rings. The highest BCUT2D eigenvalue weighted by molar-refractivity contribution is 5.97. The van der Waals surface area contributed by atoms with E-state index < -0.39 is 0 Å². The van der Waals surface area contributed by atoms with Crippen LogP contribution < -0.4 is 4.74 Å². The van der Waals surface area contributed by atoms with Gasteiger partial charge in [0, 0.05) is 5.56 Å². The monoisotopic (exact) mass is 203 g/mol. The molecule has 3 heteroatoms. The average Bonchev–Trinajstić information content (AvgIpc) is 2.17. The van der Waals surface area contributed by atoms with Crippen LogP contribution in [-0.2, 0) is 0 Å². The van der Waals surface area contributed by atoms with E-state index in [0.717, 1.165) is 5.56 Å². The van der Waals surface area contributed by atoms with E-state index in [1.54, 1.807) is 12.1 Å². The summed E-state index contributed by atoms with van der Waals surface area (Å²) < 4.78 is 5.32. The Morgan fingerprint density at radius 2 is 2.20 bits per heavy atom. The van der Waals surface area contributed by atoms with Crippen molar-refractivity contribution >= 4 is 5.78 Å². The third-order valence-corrected chi connectivity index (χ3v) is 2.04. The second kappa shape index (κ2) is 4.61. The number of carbonyl (C=O) groups excluding carboxylic acids is 1. The molecule has 1 aromatic rings. The van der Waals surface area contributed by atoms with Crippen LogP contribution in [0.5, 0.6) is 5.75 Å². The van der Waals surface area contributed by atoms with Gasteiger partial charge < -0.3 is 4.74 Å². The molecule has 0 atom stereocenters. The van der Waals surface area contributed by atoms with E-state index in [-0.39, 0.29) is 5.78 Å². The van der Waals surface area contributed by atoms with Crippen molar-refractivity contribution in [3.63, 3.8) is 0 Å². The minimum atomic E-state index is -0.115. The molecular formula is C12H13NO2. The van der Waals surface area contributed by atoms with Crippen LogP contribution in [0.3, 0.4) is 0 Å². The standard InChI is InChI=1S/C12H13NO2/c1-4-15-12-6-8(2)5-10(9(3)14)11(12)7-13/h5-6H,4H2,1-3H3. The molecule has 0 saturated carbocycles. The molecule has 3 nitrogen and oxygen atoms in total. The molecule has 0 aliphatic carbocycles. The first-order valence-electron chi connectivity index (χ1n) is 4.78. The van der Waals surface area contributed by atoms with Gasteiger partial charge in [-0.15, -0.1) is 0 Å². The lowest BCUT2D eigenvalue weighted by molar-refractivity contribution is 0.101. The van der Waals surface area contributed by atoms with E-state index in [0.29, 0.717) is 23.5 Å². The highest BCUT2D eigenvalue weighted by Gasteiger charge is 2.13. The zero-order valence-electron chi connectivity index (χ0n) is 9.13. The molecule has 0 amide bonds. The van der Waals surface area contributed by atoms with E-state index in [2.05, 4.69) is 0 Å². The topological polar surface area (TPSA) is 50.1 Å². The predicted octanol–water partition coefficient (Wildman–Crippen LogP) is 2.47. The Balaban J connectivity index is 3.40. The van der Waals surface area contributed by atoms with E-state index in [1.807, 2.05) is 19.9 Å². The molecule has 0 aliphatic rings. The van der Waals surface area contributed by atoms with Gasteiger partial charge >= 0.3 is 0 Å². The first-order chi connectivity index (χ1) is 7.10. The van der Waals surface area contributed by atoms with Crippen LogP contribution in [0, 0.1) is 18.3 Å². The lowest BCUT2D eigenvalue weighted by Crippen LogP contribution is -2.02. The summed E-state index contributed by atoms with van der Waals surface area (Å²) in [6, 6.07) is 5.50. The molecule has 0 aromatic heterocycles. The summed E-state index contributed by atoms with van der Waals surface area (Å²) in [5, 5.41) is 8.98. The number of nitrogens with zero attached hydrogens (tertiary/aromatic N) is 1. The molecule has 0 spiro atoms. The third kappa shape index (κ3) is 2.35. The summed E-state index contributed by atoms with van der Waals surface area (Å²) in [7, 11) is 0. The molecule has 0 saturated heterocycles. The van der Waals surface area contributed by atoms with Gasteiger partial charge in [0.2, 0.25) is 0 Å². The summed E-state index contributed by atoms with van der Waals surface area (Å²) in [4.78, 5) is 11.3. The average molecular weight is 203 g/mol. The Hall–Kier alpha value is -1.82. The van der Waals surface area contributed by atoms with Crippen molar-refractivity contribution in [1.82, 2.24) is 0 Å². The van der Waals surface area contributed by atoms with Crippen molar-refractivity contribution in [2.24, 2.45) is 0 Å². The fourth-order valence-electron chi connectivity index (χ4n) is 1.42. The molecule has 0 N–H and O–H groups in total. The fraction of sp³-hybridized carbons (Fsp3) is 0.333. The van der Waals surface area contributed by atoms with E-state index >= 15 is 0 Å². The van der Waals surface area contributed by atoms with Crippen LogP contribution in [0.25, 0.3) is 0 Å². The summed E-state index contributed by atoms with van der Waals surface area (Å²) >= 11 is 0. The summed E-state index contributed by atoms with van der Waals surface area (Å²) in [6.45, 7) is 5.65. The number of ether oxygens (including phenoxy) is 1. The SMILES string of the molecule is CCOc1cc(C)cc(C(C)=O)c1C#N. The van der Waals surface area contributed by atoms with Crippen molar-refractivity contribution in [3.05, 3.63) is 28.8 Å². The number of aryl methyl sites for hydroxylation is 1. The van der Waals surface area contributed by atoms with Crippen LogP contribution in [0.15, 0.2) is 12.1 Å². The quantitative estimate of drug-likeness (QED) is 0.709.